The fourth-order valence-corrected chi connectivity index (χ4v) is 3.70. The van der Waals surface area contributed by atoms with Gasteiger partial charge < -0.3 is 15.5 Å². The fraction of sp³-hybridized carbons (Fsp3) is 0.222. The first kappa shape index (κ1) is 24.4. The van der Waals surface area contributed by atoms with Gasteiger partial charge in [-0.25, -0.2) is 18.7 Å². The van der Waals surface area contributed by atoms with E-state index in [1.807, 2.05) is 12.1 Å². The van der Waals surface area contributed by atoms with Gasteiger partial charge in [0.25, 0.3) is 11.8 Å². The molecule has 0 saturated heterocycles. The van der Waals surface area contributed by atoms with Gasteiger partial charge in [-0.1, -0.05) is 42.5 Å². The molecule has 1 atom stereocenters. The number of benzene rings is 2. The van der Waals surface area contributed by atoms with Gasteiger partial charge in [-0.3, -0.25) is 4.79 Å². The van der Waals surface area contributed by atoms with Crippen LogP contribution in [0.3, 0.4) is 0 Å². The fourth-order valence-electron chi connectivity index (χ4n) is 3.70. The number of nitrogens with zero attached hydrogens (tertiary/aromatic N) is 2. The zero-order valence-electron chi connectivity index (χ0n) is 19.1. The summed E-state index contributed by atoms with van der Waals surface area (Å²) >= 11 is 0. The van der Waals surface area contributed by atoms with Gasteiger partial charge in [0.2, 0.25) is 0 Å². The lowest BCUT2D eigenvalue weighted by Gasteiger charge is -2.13. The number of rotatable bonds is 8. The molecule has 0 unspecified atom stereocenters. The van der Waals surface area contributed by atoms with Crippen LogP contribution in [-0.2, 0) is 12.3 Å². The standard InChI is InChI=1S/C27H25F2N3O3/c1-27(28,29)19-7-2-6-18(15-19)22-14-11-17-5-3-9-23(25(17)31-22)32-26(35)24-10-4-8-20(30-24)12-13-21(34)16-33/h2-11,14-15,21,33-34H,12-13,16H2,1H3,(H,32,35)/t21-/m1/s1. The van der Waals surface area contributed by atoms with Gasteiger partial charge in [0.1, 0.15) is 5.69 Å². The summed E-state index contributed by atoms with van der Waals surface area (Å²) in [4.78, 5) is 22.0. The Bertz CT molecular complexity index is 1360. The number of hydrogen-bond acceptors (Lipinski definition) is 5. The Morgan fingerprint density at radius 3 is 2.57 bits per heavy atom. The molecule has 0 aliphatic carbocycles. The zero-order chi connectivity index (χ0) is 25.0. The second-order valence-electron chi connectivity index (χ2n) is 8.39. The lowest BCUT2D eigenvalue weighted by atomic mass is 10.0. The van der Waals surface area contributed by atoms with Crippen LogP contribution in [0.15, 0.2) is 72.8 Å². The number of nitrogens with one attached hydrogen (secondary N) is 1. The van der Waals surface area contributed by atoms with Gasteiger partial charge in [0.15, 0.2) is 0 Å². The number of anilines is 1. The van der Waals surface area contributed by atoms with Crippen molar-refractivity contribution in [1.29, 1.82) is 0 Å². The third-order valence-corrected chi connectivity index (χ3v) is 5.62. The van der Waals surface area contributed by atoms with Crippen molar-refractivity contribution < 1.29 is 23.8 Å². The average Bonchev–Trinajstić information content (AvgIpc) is 2.87. The van der Waals surface area contributed by atoms with Gasteiger partial charge in [0.05, 0.1) is 29.6 Å². The molecule has 6 nitrogen and oxygen atoms in total. The van der Waals surface area contributed by atoms with Crippen LogP contribution in [-0.4, -0.2) is 38.8 Å². The van der Waals surface area contributed by atoms with Crippen LogP contribution < -0.4 is 5.32 Å². The zero-order valence-corrected chi connectivity index (χ0v) is 19.1. The molecule has 35 heavy (non-hydrogen) atoms. The average molecular weight is 478 g/mol. The Balaban J connectivity index is 1.62. The van der Waals surface area contributed by atoms with Crippen LogP contribution in [0.1, 0.15) is 35.1 Å². The number of halogens is 2. The van der Waals surface area contributed by atoms with Crippen molar-refractivity contribution in [2.24, 2.45) is 0 Å². The first-order chi connectivity index (χ1) is 16.7. The number of aryl methyl sites for hydroxylation is 1. The molecule has 0 saturated carbocycles. The van der Waals surface area contributed by atoms with Crippen LogP contribution in [0.2, 0.25) is 0 Å². The monoisotopic (exact) mass is 477 g/mol. The molecule has 0 radical (unpaired) electrons. The van der Waals surface area contributed by atoms with Crippen molar-refractivity contribution in [3.05, 3.63) is 89.7 Å². The second-order valence-corrected chi connectivity index (χ2v) is 8.39. The number of aliphatic hydroxyl groups is 2. The molecule has 4 aromatic rings. The van der Waals surface area contributed by atoms with Gasteiger partial charge >= 0.3 is 0 Å². The molecule has 3 N–H and O–H groups in total. The third kappa shape index (κ3) is 5.85. The minimum Gasteiger partial charge on any atom is -0.394 e. The van der Waals surface area contributed by atoms with Crippen LogP contribution in [0, 0.1) is 0 Å². The largest absolute Gasteiger partial charge is 0.394 e. The number of fused-ring (bicyclic) bond motifs is 1. The Morgan fingerprint density at radius 2 is 1.80 bits per heavy atom. The molecular weight excluding hydrogens is 452 g/mol. The molecule has 180 valence electrons. The summed E-state index contributed by atoms with van der Waals surface area (Å²) < 4.78 is 27.6. The number of carbonyl (C=O) groups excluding carboxylic acids is 1. The quantitative estimate of drug-likeness (QED) is 0.334. The number of amides is 1. The van der Waals surface area contributed by atoms with Gasteiger partial charge in [-0.05, 0) is 43.2 Å². The highest BCUT2D eigenvalue weighted by molar-refractivity contribution is 6.07. The van der Waals surface area contributed by atoms with E-state index in [1.165, 1.54) is 12.1 Å². The van der Waals surface area contributed by atoms with Crippen molar-refractivity contribution in [2.45, 2.75) is 31.8 Å². The number of aliphatic hydroxyl groups excluding tert-OH is 2. The lowest BCUT2D eigenvalue weighted by molar-refractivity contribution is 0.0175. The van der Waals surface area contributed by atoms with E-state index in [0.29, 0.717) is 41.0 Å². The number of pyridine rings is 2. The minimum atomic E-state index is -2.97. The van der Waals surface area contributed by atoms with E-state index in [1.54, 1.807) is 48.5 Å². The van der Waals surface area contributed by atoms with Crippen LogP contribution in [0.25, 0.3) is 22.2 Å². The van der Waals surface area contributed by atoms with Crippen LogP contribution >= 0.6 is 0 Å². The summed E-state index contributed by atoms with van der Waals surface area (Å²) in [5, 5.41) is 22.2. The molecule has 2 aromatic heterocycles. The van der Waals surface area contributed by atoms with Crippen molar-refractivity contribution >= 4 is 22.5 Å². The molecule has 2 heterocycles. The summed E-state index contributed by atoms with van der Waals surface area (Å²) in [5.41, 5.74) is 2.77. The molecule has 0 aliphatic rings. The van der Waals surface area contributed by atoms with Crippen molar-refractivity contribution in [3.8, 4) is 11.3 Å². The smallest absolute Gasteiger partial charge is 0.274 e. The van der Waals surface area contributed by atoms with E-state index in [9.17, 15) is 18.7 Å². The predicted octanol–water partition coefficient (Wildman–Crippen LogP) is 4.95. The van der Waals surface area contributed by atoms with E-state index in [-0.39, 0.29) is 17.9 Å². The summed E-state index contributed by atoms with van der Waals surface area (Å²) in [7, 11) is 0. The number of alkyl halides is 2. The summed E-state index contributed by atoms with van der Waals surface area (Å²) in [6.45, 7) is 0.521. The maximum absolute atomic E-state index is 13.8. The molecule has 1 amide bonds. The van der Waals surface area contributed by atoms with Crippen molar-refractivity contribution in [1.82, 2.24) is 9.97 Å². The number of para-hydroxylation sites is 1. The highest BCUT2D eigenvalue weighted by atomic mass is 19.3. The molecular formula is C27H25F2N3O3. The molecule has 0 fully saturated rings. The van der Waals surface area contributed by atoms with E-state index in [2.05, 4.69) is 15.3 Å². The maximum atomic E-state index is 13.8. The minimum absolute atomic E-state index is 0.101. The second kappa shape index (κ2) is 10.2. The molecule has 2 aromatic carbocycles. The highest BCUT2D eigenvalue weighted by Gasteiger charge is 2.24. The van der Waals surface area contributed by atoms with Gasteiger partial charge in [-0.15, -0.1) is 0 Å². The summed E-state index contributed by atoms with van der Waals surface area (Å²) in [6.07, 6.45) is -0.0947. The van der Waals surface area contributed by atoms with Crippen LogP contribution in [0.5, 0.6) is 0 Å². The maximum Gasteiger partial charge on any atom is 0.274 e. The molecule has 8 heteroatoms. The topological polar surface area (TPSA) is 95.3 Å². The van der Waals surface area contributed by atoms with Crippen molar-refractivity contribution in [2.75, 3.05) is 11.9 Å². The lowest BCUT2D eigenvalue weighted by Crippen LogP contribution is -2.16. The van der Waals surface area contributed by atoms with E-state index >= 15 is 0 Å². The van der Waals surface area contributed by atoms with E-state index < -0.39 is 17.9 Å². The summed E-state index contributed by atoms with van der Waals surface area (Å²) in [6, 6.07) is 20.1. The van der Waals surface area contributed by atoms with E-state index in [0.717, 1.165) is 12.3 Å². The van der Waals surface area contributed by atoms with Crippen LogP contribution in [0.4, 0.5) is 14.5 Å². The molecule has 4 rings (SSSR count). The number of carbonyl (C=O) groups is 1. The first-order valence-electron chi connectivity index (χ1n) is 11.2. The SMILES string of the molecule is CC(F)(F)c1cccc(-c2ccc3cccc(NC(=O)c4cccc(CC[C@@H](O)CO)n4)c3n2)c1. The Hall–Kier alpha value is -3.75. The van der Waals surface area contributed by atoms with Gasteiger partial charge in [0, 0.05) is 29.1 Å². The normalized spacial score (nSPS) is 12.5. The number of hydrogen-bond donors (Lipinski definition) is 3. The Morgan fingerprint density at radius 1 is 1.03 bits per heavy atom. The summed E-state index contributed by atoms with van der Waals surface area (Å²) in [5.74, 6) is -3.40. The van der Waals surface area contributed by atoms with Crippen molar-refractivity contribution in [3.63, 3.8) is 0 Å². The third-order valence-electron chi connectivity index (χ3n) is 5.62. The van der Waals surface area contributed by atoms with Gasteiger partial charge in [-0.2, -0.15) is 0 Å². The Kier molecular flexibility index (Phi) is 7.14. The molecule has 0 spiro atoms. The molecule has 0 aliphatic heterocycles. The predicted molar refractivity (Wildman–Crippen MR) is 130 cm³/mol. The molecule has 0 bridgehead atoms. The Labute approximate surface area is 201 Å². The van der Waals surface area contributed by atoms with E-state index in [4.69, 9.17) is 5.11 Å². The number of aromatic nitrogens is 2. The highest BCUT2D eigenvalue weighted by Crippen LogP contribution is 2.31. The first-order valence-corrected chi connectivity index (χ1v) is 11.2.